The summed E-state index contributed by atoms with van der Waals surface area (Å²) < 4.78 is 12.5. The number of methoxy groups -OCH3 is 1. The molecule has 0 aliphatic heterocycles. The van der Waals surface area contributed by atoms with Gasteiger partial charge in [0, 0.05) is 18.2 Å². The van der Waals surface area contributed by atoms with E-state index in [-0.39, 0.29) is 17.9 Å². The van der Waals surface area contributed by atoms with Gasteiger partial charge in [-0.3, -0.25) is 4.79 Å². The number of hydrogen-bond acceptors (Lipinski definition) is 6. The van der Waals surface area contributed by atoms with Gasteiger partial charge >= 0.3 is 0 Å². The lowest BCUT2D eigenvalue weighted by Crippen LogP contribution is -2.32. The maximum atomic E-state index is 12.9. The quantitative estimate of drug-likeness (QED) is 0.523. The van der Waals surface area contributed by atoms with Crippen LogP contribution in [0.2, 0.25) is 0 Å². The largest absolute Gasteiger partial charge is 0.443 e. The summed E-state index contributed by atoms with van der Waals surface area (Å²) in [6, 6.07) is 7.02. The number of benzene rings is 1. The van der Waals surface area contributed by atoms with Gasteiger partial charge in [0.1, 0.15) is 12.1 Å². The number of hydrogen-bond donors (Lipinski definition) is 1. The average molecular weight is 407 g/mol. The molecule has 4 aromatic rings. The zero-order valence-electron chi connectivity index (χ0n) is 17.8. The standard InChI is InChI=1S/C22H25N5O3/c1-12(2)18(24-21(28)16-8-6-15(7-9-16)10-29-5)19-25-20-17-13(3)14(4)30-22(17)23-11-27(20)26-19/h6-9,11-12,18H,10H2,1-5H3,(H,24,28). The summed E-state index contributed by atoms with van der Waals surface area (Å²) in [5, 5.41) is 8.51. The van der Waals surface area contributed by atoms with E-state index >= 15 is 0 Å². The number of furan rings is 1. The van der Waals surface area contributed by atoms with Crippen LogP contribution in [0.4, 0.5) is 0 Å². The molecular formula is C22H25N5O3. The second-order valence-corrected chi connectivity index (χ2v) is 7.77. The highest BCUT2D eigenvalue weighted by Gasteiger charge is 2.25. The Morgan fingerprint density at radius 2 is 1.97 bits per heavy atom. The van der Waals surface area contributed by atoms with Crippen LogP contribution in [0.3, 0.4) is 0 Å². The van der Waals surface area contributed by atoms with Gasteiger partial charge in [-0.1, -0.05) is 26.0 Å². The third-order valence-electron chi connectivity index (χ3n) is 5.28. The van der Waals surface area contributed by atoms with Crippen molar-refractivity contribution in [2.24, 2.45) is 5.92 Å². The topological polar surface area (TPSA) is 94.5 Å². The Balaban J connectivity index is 1.66. The molecule has 1 amide bonds. The van der Waals surface area contributed by atoms with E-state index in [1.165, 1.54) is 0 Å². The van der Waals surface area contributed by atoms with Crippen LogP contribution in [0.5, 0.6) is 0 Å². The molecule has 0 fully saturated rings. The molecule has 0 radical (unpaired) electrons. The van der Waals surface area contributed by atoms with Crippen LogP contribution >= 0.6 is 0 Å². The molecule has 1 aromatic carbocycles. The van der Waals surface area contributed by atoms with Crippen molar-refractivity contribution in [2.75, 3.05) is 7.11 Å². The van der Waals surface area contributed by atoms with E-state index < -0.39 is 0 Å². The number of fused-ring (bicyclic) bond motifs is 3. The van der Waals surface area contributed by atoms with Crippen molar-refractivity contribution < 1.29 is 13.9 Å². The molecule has 0 saturated carbocycles. The molecule has 8 heteroatoms. The van der Waals surface area contributed by atoms with Crippen LogP contribution in [0.1, 0.15) is 53.0 Å². The van der Waals surface area contributed by atoms with Gasteiger partial charge in [0.2, 0.25) is 5.71 Å². The van der Waals surface area contributed by atoms with Gasteiger partial charge in [-0.25, -0.2) is 14.5 Å². The molecule has 1 unspecified atom stereocenters. The number of amides is 1. The van der Waals surface area contributed by atoms with Crippen molar-refractivity contribution >= 4 is 22.7 Å². The Bertz CT molecular complexity index is 1210. The summed E-state index contributed by atoms with van der Waals surface area (Å²) in [4.78, 5) is 21.9. The van der Waals surface area contributed by atoms with Crippen molar-refractivity contribution in [1.29, 1.82) is 0 Å². The second-order valence-electron chi connectivity index (χ2n) is 7.77. The molecule has 1 N–H and O–H groups in total. The molecule has 156 valence electrons. The van der Waals surface area contributed by atoms with Crippen molar-refractivity contribution in [3.63, 3.8) is 0 Å². The molecule has 8 nitrogen and oxygen atoms in total. The van der Waals surface area contributed by atoms with Crippen molar-refractivity contribution in [1.82, 2.24) is 24.9 Å². The van der Waals surface area contributed by atoms with Crippen LogP contribution in [-0.4, -0.2) is 32.6 Å². The fourth-order valence-corrected chi connectivity index (χ4v) is 3.47. The van der Waals surface area contributed by atoms with E-state index in [0.29, 0.717) is 29.4 Å². The number of rotatable bonds is 6. The first-order valence-corrected chi connectivity index (χ1v) is 9.88. The zero-order chi connectivity index (χ0) is 21.4. The van der Waals surface area contributed by atoms with Gasteiger partial charge in [0.05, 0.1) is 18.0 Å². The molecule has 4 rings (SSSR count). The van der Waals surface area contributed by atoms with E-state index in [9.17, 15) is 4.79 Å². The number of ether oxygens (including phenoxy) is 1. The Morgan fingerprint density at radius 3 is 2.63 bits per heavy atom. The minimum atomic E-state index is -0.348. The van der Waals surface area contributed by atoms with E-state index in [1.54, 1.807) is 30.1 Å². The number of aryl methyl sites for hydroxylation is 2. The number of carbonyl (C=O) groups is 1. The van der Waals surface area contributed by atoms with Gasteiger partial charge in [0.15, 0.2) is 11.5 Å². The minimum absolute atomic E-state index is 0.0924. The normalized spacial score (nSPS) is 12.7. The summed E-state index contributed by atoms with van der Waals surface area (Å²) in [5.41, 5.74) is 3.79. The molecule has 1 atom stereocenters. The Kier molecular flexibility index (Phi) is 5.26. The second kappa shape index (κ2) is 7.87. The van der Waals surface area contributed by atoms with Crippen LogP contribution < -0.4 is 5.32 Å². The maximum absolute atomic E-state index is 12.9. The minimum Gasteiger partial charge on any atom is -0.443 e. The first-order valence-electron chi connectivity index (χ1n) is 9.88. The third kappa shape index (κ3) is 3.54. The summed E-state index contributed by atoms with van der Waals surface area (Å²) in [7, 11) is 1.64. The fourth-order valence-electron chi connectivity index (χ4n) is 3.47. The van der Waals surface area contributed by atoms with Gasteiger partial charge in [-0.05, 0) is 37.5 Å². The monoisotopic (exact) mass is 407 g/mol. The Hall–Kier alpha value is -3.26. The van der Waals surface area contributed by atoms with Crippen molar-refractivity contribution in [3.05, 3.63) is 58.9 Å². The summed E-state index contributed by atoms with van der Waals surface area (Å²) >= 11 is 0. The molecule has 0 spiro atoms. The zero-order valence-corrected chi connectivity index (χ0v) is 17.8. The first kappa shape index (κ1) is 20.0. The van der Waals surface area contributed by atoms with Crippen molar-refractivity contribution in [2.45, 2.75) is 40.3 Å². The maximum Gasteiger partial charge on any atom is 0.251 e. The fraction of sp³-hybridized carbons (Fsp3) is 0.364. The molecule has 3 heterocycles. The van der Waals surface area contributed by atoms with E-state index in [0.717, 1.165) is 22.3 Å². The number of aromatic nitrogens is 4. The molecule has 0 saturated heterocycles. The third-order valence-corrected chi connectivity index (χ3v) is 5.28. The SMILES string of the molecule is COCc1ccc(C(=O)NC(c2nc3c4c(C)c(C)oc4ncn3n2)C(C)C)cc1. The molecule has 0 aliphatic rings. The predicted octanol–water partition coefficient (Wildman–Crippen LogP) is 3.76. The van der Waals surface area contributed by atoms with Gasteiger partial charge in [-0.15, -0.1) is 5.10 Å². The highest BCUT2D eigenvalue weighted by Crippen LogP contribution is 2.28. The molecule has 0 aliphatic carbocycles. The number of nitrogens with one attached hydrogen (secondary N) is 1. The highest BCUT2D eigenvalue weighted by molar-refractivity contribution is 5.94. The van der Waals surface area contributed by atoms with Gasteiger partial charge in [0.25, 0.3) is 5.91 Å². The lowest BCUT2D eigenvalue weighted by molar-refractivity contribution is 0.0923. The Labute approximate surface area is 174 Å². The highest BCUT2D eigenvalue weighted by atomic mass is 16.5. The van der Waals surface area contributed by atoms with Crippen molar-refractivity contribution in [3.8, 4) is 0 Å². The average Bonchev–Trinajstić information content (AvgIpc) is 3.27. The smallest absolute Gasteiger partial charge is 0.251 e. The molecule has 3 aromatic heterocycles. The summed E-state index contributed by atoms with van der Waals surface area (Å²) in [5.74, 6) is 1.27. The lowest BCUT2D eigenvalue weighted by Gasteiger charge is -2.19. The number of nitrogens with zero attached hydrogens (tertiary/aromatic N) is 4. The van der Waals surface area contributed by atoms with E-state index in [1.807, 2.05) is 39.8 Å². The molecular weight excluding hydrogens is 382 g/mol. The van der Waals surface area contributed by atoms with Crippen LogP contribution in [0.25, 0.3) is 16.7 Å². The van der Waals surface area contributed by atoms with Gasteiger partial charge in [-0.2, -0.15) is 0 Å². The first-order chi connectivity index (χ1) is 14.4. The molecule has 30 heavy (non-hydrogen) atoms. The Morgan fingerprint density at radius 1 is 1.23 bits per heavy atom. The van der Waals surface area contributed by atoms with E-state index in [4.69, 9.17) is 14.1 Å². The molecule has 0 bridgehead atoms. The predicted molar refractivity (Wildman–Crippen MR) is 112 cm³/mol. The van der Waals surface area contributed by atoms with Gasteiger partial charge < -0.3 is 14.5 Å². The summed E-state index contributed by atoms with van der Waals surface area (Å²) in [6.45, 7) is 8.45. The number of carbonyl (C=O) groups excluding carboxylic acids is 1. The van der Waals surface area contributed by atoms with Crippen LogP contribution in [0.15, 0.2) is 35.0 Å². The lowest BCUT2D eigenvalue weighted by atomic mass is 10.0. The van der Waals surface area contributed by atoms with Crippen LogP contribution in [0, 0.1) is 19.8 Å². The van der Waals surface area contributed by atoms with E-state index in [2.05, 4.69) is 15.4 Å². The summed E-state index contributed by atoms with van der Waals surface area (Å²) in [6.07, 6.45) is 1.59. The van der Waals surface area contributed by atoms with Crippen LogP contribution in [-0.2, 0) is 11.3 Å².